The van der Waals surface area contributed by atoms with Crippen LogP contribution in [0.1, 0.15) is 57.3 Å². The number of nitrogens with one attached hydrogen (secondary N) is 2. The van der Waals surface area contributed by atoms with E-state index >= 15 is 0 Å². The first-order valence-corrected chi connectivity index (χ1v) is 12.8. The lowest BCUT2D eigenvalue weighted by Crippen LogP contribution is -2.27. The first kappa shape index (κ1) is 22.0. The zero-order chi connectivity index (χ0) is 22.2. The molecule has 166 valence electrons. The molecule has 0 bridgehead atoms. The molecule has 1 atom stereocenters. The normalized spacial score (nSPS) is 19.1. The molecule has 1 aromatic carbocycles. The smallest absolute Gasteiger partial charge is 0.256 e. The SMILES string of the molecule is CNC(=O)c1c(NC(=O)c2ccc(S(=O)(=O)N3CCCC3)cc2)sc2c1CCC(C)C2. The van der Waals surface area contributed by atoms with Crippen LogP contribution in [0.5, 0.6) is 0 Å². The second-order valence-electron chi connectivity index (χ2n) is 8.22. The van der Waals surface area contributed by atoms with Crippen LogP contribution in [0.15, 0.2) is 29.2 Å². The third-order valence-electron chi connectivity index (χ3n) is 6.01. The van der Waals surface area contributed by atoms with Gasteiger partial charge in [-0.3, -0.25) is 9.59 Å². The number of thiophene rings is 1. The van der Waals surface area contributed by atoms with Crippen molar-refractivity contribution in [1.82, 2.24) is 9.62 Å². The summed E-state index contributed by atoms with van der Waals surface area (Å²) in [4.78, 5) is 26.7. The van der Waals surface area contributed by atoms with E-state index in [1.165, 1.54) is 39.9 Å². The van der Waals surface area contributed by atoms with Gasteiger partial charge in [-0.15, -0.1) is 11.3 Å². The lowest BCUT2D eigenvalue weighted by Gasteiger charge is -2.18. The minimum atomic E-state index is -3.52. The predicted octanol–water partition coefficient (Wildman–Crippen LogP) is 3.27. The predicted molar refractivity (Wildman–Crippen MR) is 121 cm³/mol. The Morgan fingerprint density at radius 3 is 2.42 bits per heavy atom. The Labute approximate surface area is 186 Å². The number of carbonyl (C=O) groups excluding carboxylic acids is 2. The van der Waals surface area contributed by atoms with E-state index in [-0.39, 0.29) is 16.7 Å². The standard InChI is InChI=1S/C22H27N3O4S2/c1-14-5-10-17-18(13-14)30-22(19(17)21(27)23-2)24-20(26)15-6-8-16(9-7-15)31(28,29)25-11-3-4-12-25/h6-9,14H,3-5,10-13H2,1-2H3,(H,23,27)(H,24,26). The second-order valence-corrected chi connectivity index (χ2v) is 11.3. The van der Waals surface area contributed by atoms with E-state index in [0.29, 0.717) is 35.1 Å². The van der Waals surface area contributed by atoms with E-state index in [9.17, 15) is 18.0 Å². The number of nitrogens with zero attached hydrogens (tertiary/aromatic N) is 1. The van der Waals surface area contributed by atoms with Crippen molar-refractivity contribution in [3.8, 4) is 0 Å². The van der Waals surface area contributed by atoms with E-state index < -0.39 is 10.0 Å². The van der Waals surface area contributed by atoms with Gasteiger partial charge in [-0.25, -0.2) is 8.42 Å². The number of carbonyl (C=O) groups is 2. The van der Waals surface area contributed by atoms with Crippen LogP contribution in [0.25, 0.3) is 0 Å². The average molecular weight is 462 g/mol. The monoisotopic (exact) mass is 461 g/mol. The van der Waals surface area contributed by atoms with Crippen LogP contribution in [-0.2, 0) is 22.9 Å². The third kappa shape index (κ3) is 4.26. The Morgan fingerprint density at radius 2 is 1.77 bits per heavy atom. The van der Waals surface area contributed by atoms with Gasteiger partial charge in [0, 0.05) is 30.6 Å². The number of anilines is 1. The molecule has 9 heteroatoms. The van der Waals surface area contributed by atoms with Crippen molar-refractivity contribution >= 4 is 38.2 Å². The number of hydrogen-bond donors (Lipinski definition) is 2. The van der Waals surface area contributed by atoms with Crippen LogP contribution < -0.4 is 10.6 Å². The summed E-state index contributed by atoms with van der Waals surface area (Å²) in [5.74, 6) is -0.00586. The van der Waals surface area contributed by atoms with E-state index in [0.717, 1.165) is 42.5 Å². The summed E-state index contributed by atoms with van der Waals surface area (Å²) in [6, 6.07) is 5.99. The number of amides is 2. The van der Waals surface area contributed by atoms with E-state index in [1.54, 1.807) is 7.05 Å². The van der Waals surface area contributed by atoms with Gasteiger partial charge >= 0.3 is 0 Å². The van der Waals surface area contributed by atoms with Crippen LogP contribution in [0.4, 0.5) is 5.00 Å². The summed E-state index contributed by atoms with van der Waals surface area (Å²) in [6.45, 7) is 3.27. The zero-order valence-corrected chi connectivity index (χ0v) is 19.4. The molecular weight excluding hydrogens is 434 g/mol. The summed E-state index contributed by atoms with van der Waals surface area (Å²) >= 11 is 1.46. The Balaban J connectivity index is 1.57. The first-order chi connectivity index (χ1) is 14.8. The molecule has 2 heterocycles. The summed E-state index contributed by atoms with van der Waals surface area (Å²) in [6.07, 6.45) is 4.50. The first-order valence-electron chi connectivity index (χ1n) is 10.6. The molecule has 0 saturated carbocycles. The Hall–Kier alpha value is -2.23. The van der Waals surface area contributed by atoms with Gasteiger partial charge in [0.25, 0.3) is 11.8 Å². The summed E-state index contributed by atoms with van der Waals surface area (Å²) < 4.78 is 26.8. The summed E-state index contributed by atoms with van der Waals surface area (Å²) in [5, 5.41) is 6.12. The lowest BCUT2D eigenvalue weighted by atomic mass is 9.88. The maximum atomic E-state index is 12.9. The largest absolute Gasteiger partial charge is 0.355 e. The van der Waals surface area contributed by atoms with Crippen LogP contribution in [0, 0.1) is 5.92 Å². The highest BCUT2D eigenvalue weighted by Crippen LogP contribution is 2.39. The van der Waals surface area contributed by atoms with Crippen LogP contribution in [-0.4, -0.2) is 44.7 Å². The maximum absolute atomic E-state index is 12.9. The van der Waals surface area contributed by atoms with Crippen molar-refractivity contribution in [2.24, 2.45) is 5.92 Å². The number of sulfonamides is 1. The molecule has 0 radical (unpaired) electrons. The van der Waals surface area contributed by atoms with Gasteiger partial charge in [-0.05, 0) is 67.9 Å². The molecule has 1 saturated heterocycles. The molecular formula is C22H27N3O4S2. The number of benzene rings is 1. The van der Waals surface area contributed by atoms with E-state index in [2.05, 4.69) is 17.6 Å². The minimum Gasteiger partial charge on any atom is -0.355 e. The second kappa shape index (κ2) is 8.72. The molecule has 31 heavy (non-hydrogen) atoms. The molecule has 2 N–H and O–H groups in total. The highest BCUT2D eigenvalue weighted by molar-refractivity contribution is 7.89. The van der Waals surface area contributed by atoms with Crippen molar-refractivity contribution in [3.63, 3.8) is 0 Å². The van der Waals surface area contributed by atoms with Gasteiger partial charge in [0.2, 0.25) is 10.0 Å². The molecule has 1 aromatic heterocycles. The molecule has 1 fully saturated rings. The molecule has 7 nitrogen and oxygen atoms in total. The number of fused-ring (bicyclic) bond motifs is 1. The van der Waals surface area contributed by atoms with Gasteiger partial charge in [-0.1, -0.05) is 6.92 Å². The fourth-order valence-corrected chi connectivity index (χ4v) is 7.16. The van der Waals surface area contributed by atoms with Crippen molar-refractivity contribution in [3.05, 3.63) is 45.8 Å². The topological polar surface area (TPSA) is 95.6 Å². The quantitative estimate of drug-likeness (QED) is 0.714. The Morgan fingerprint density at radius 1 is 1.10 bits per heavy atom. The van der Waals surface area contributed by atoms with Crippen LogP contribution in [0.3, 0.4) is 0 Å². The molecule has 2 amide bonds. The van der Waals surface area contributed by atoms with Crippen LogP contribution >= 0.6 is 11.3 Å². The summed E-state index contributed by atoms with van der Waals surface area (Å²) in [7, 11) is -1.93. The van der Waals surface area contributed by atoms with Gasteiger partial charge in [0.15, 0.2) is 0 Å². The van der Waals surface area contributed by atoms with E-state index in [4.69, 9.17) is 0 Å². The van der Waals surface area contributed by atoms with Crippen molar-refractivity contribution in [1.29, 1.82) is 0 Å². The molecule has 0 spiro atoms. The fraction of sp³-hybridized carbons (Fsp3) is 0.455. The molecule has 2 aliphatic rings. The van der Waals surface area contributed by atoms with Crippen molar-refractivity contribution < 1.29 is 18.0 Å². The average Bonchev–Trinajstić information content (AvgIpc) is 3.41. The highest BCUT2D eigenvalue weighted by Gasteiger charge is 2.29. The number of rotatable bonds is 5. The highest BCUT2D eigenvalue weighted by atomic mass is 32.2. The molecule has 4 rings (SSSR count). The minimum absolute atomic E-state index is 0.192. The Bertz CT molecular complexity index is 1100. The van der Waals surface area contributed by atoms with E-state index in [1.807, 2.05) is 0 Å². The van der Waals surface area contributed by atoms with Crippen LogP contribution in [0.2, 0.25) is 0 Å². The lowest BCUT2D eigenvalue weighted by molar-refractivity contribution is 0.0963. The van der Waals surface area contributed by atoms with Gasteiger partial charge in [0.05, 0.1) is 10.5 Å². The van der Waals surface area contributed by atoms with Crippen molar-refractivity contribution in [2.75, 3.05) is 25.5 Å². The van der Waals surface area contributed by atoms with Crippen molar-refractivity contribution in [2.45, 2.75) is 43.9 Å². The third-order valence-corrected chi connectivity index (χ3v) is 9.09. The zero-order valence-electron chi connectivity index (χ0n) is 17.7. The van der Waals surface area contributed by atoms with Gasteiger partial charge < -0.3 is 10.6 Å². The molecule has 1 unspecified atom stereocenters. The Kier molecular flexibility index (Phi) is 6.18. The number of hydrogen-bond acceptors (Lipinski definition) is 5. The molecule has 1 aliphatic carbocycles. The summed E-state index contributed by atoms with van der Waals surface area (Å²) in [5.41, 5.74) is 1.93. The molecule has 1 aliphatic heterocycles. The fourth-order valence-electron chi connectivity index (χ4n) is 4.24. The molecule has 2 aromatic rings. The maximum Gasteiger partial charge on any atom is 0.256 e. The van der Waals surface area contributed by atoms with Gasteiger partial charge in [-0.2, -0.15) is 4.31 Å². The van der Waals surface area contributed by atoms with Gasteiger partial charge in [0.1, 0.15) is 5.00 Å².